The number of Topliss-reactive ketones (excluding diaryl/α,β-unsaturated/α-hetero) is 1. The molecule has 0 spiro atoms. The fraction of sp³-hybridized carbons (Fsp3) is 0.208. The first kappa shape index (κ1) is 17.6. The first-order valence-corrected chi connectivity index (χ1v) is 9.79. The molecule has 1 aromatic heterocycles. The molecule has 5 rings (SSSR count). The minimum Gasteiger partial charge on any atom is -0.496 e. The van der Waals surface area contributed by atoms with Gasteiger partial charge in [-0.15, -0.1) is 0 Å². The van der Waals surface area contributed by atoms with Gasteiger partial charge in [-0.05, 0) is 36.8 Å². The van der Waals surface area contributed by atoms with E-state index in [0.717, 1.165) is 46.1 Å². The van der Waals surface area contributed by atoms with Gasteiger partial charge in [-0.3, -0.25) is 4.79 Å². The molecule has 0 fully saturated rings. The van der Waals surface area contributed by atoms with E-state index in [1.165, 1.54) is 0 Å². The summed E-state index contributed by atoms with van der Waals surface area (Å²) >= 11 is 0. The zero-order valence-electron chi connectivity index (χ0n) is 16.1. The number of benzene rings is 2. The van der Waals surface area contributed by atoms with Crippen LogP contribution in [0.1, 0.15) is 36.1 Å². The predicted molar refractivity (Wildman–Crippen MR) is 112 cm³/mol. The maximum absolute atomic E-state index is 13.4. The Morgan fingerprint density at radius 1 is 0.966 bits per heavy atom. The molecule has 0 amide bonds. The van der Waals surface area contributed by atoms with Crippen LogP contribution < -0.4 is 15.4 Å². The summed E-state index contributed by atoms with van der Waals surface area (Å²) in [6.07, 6.45) is 2.81. The number of furan rings is 1. The van der Waals surface area contributed by atoms with Gasteiger partial charge in [0.15, 0.2) is 5.78 Å². The van der Waals surface area contributed by atoms with Gasteiger partial charge in [-0.1, -0.05) is 30.3 Å². The van der Waals surface area contributed by atoms with E-state index in [0.29, 0.717) is 6.42 Å². The van der Waals surface area contributed by atoms with E-state index >= 15 is 0 Å². The minimum atomic E-state index is -0.289. The van der Waals surface area contributed by atoms with Crippen LogP contribution in [0.15, 0.2) is 82.6 Å². The topological polar surface area (TPSA) is 63.5 Å². The number of hydrogen-bond acceptors (Lipinski definition) is 5. The Labute approximate surface area is 169 Å². The second-order valence-electron chi connectivity index (χ2n) is 7.43. The molecule has 2 aliphatic rings. The van der Waals surface area contributed by atoms with Gasteiger partial charge in [0.2, 0.25) is 0 Å². The standard InChI is InChI=1S/C24H22N2O3/c1-28-22-10-5-2-7-16(22)24-23-19(25-17-8-3-4-9-18(17)26-24)13-15(14-20(23)27)21-11-6-12-29-21/h2-12,15,24-26H,13-14H2,1H3/t15-,24+/m1/s1. The third-order valence-electron chi connectivity index (χ3n) is 5.70. The lowest BCUT2D eigenvalue weighted by Gasteiger charge is -2.29. The molecule has 1 aliphatic heterocycles. The van der Waals surface area contributed by atoms with E-state index in [-0.39, 0.29) is 17.7 Å². The van der Waals surface area contributed by atoms with Crippen LogP contribution in [0.2, 0.25) is 0 Å². The maximum Gasteiger partial charge on any atom is 0.163 e. The van der Waals surface area contributed by atoms with Crippen LogP contribution in [-0.2, 0) is 4.79 Å². The molecule has 0 bridgehead atoms. The molecule has 0 unspecified atom stereocenters. The Balaban J connectivity index is 1.65. The summed E-state index contributed by atoms with van der Waals surface area (Å²) in [6, 6.07) is 19.4. The summed E-state index contributed by atoms with van der Waals surface area (Å²) in [6.45, 7) is 0. The summed E-state index contributed by atoms with van der Waals surface area (Å²) in [5, 5.41) is 7.12. The second-order valence-corrected chi connectivity index (χ2v) is 7.43. The van der Waals surface area contributed by atoms with E-state index < -0.39 is 0 Å². The van der Waals surface area contributed by atoms with E-state index in [2.05, 4.69) is 10.6 Å². The number of nitrogens with one attached hydrogen (secondary N) is 2. The van der Waals surface area contributed by atoms with E-state index in [1.807, 2.05) is 60.7 Å². The number of ether oxygens (including phenoxy) is 1. The number of fused-ring (bicyclic) bond motifs is 1. The zero-order valence-corrected chi connectivity index (χ0v) is 16.1. The number of ketones is 1. The van der Waals surface area contributed by atoms with Crippen LogP contribution in [-0.4, -0.2) is 12.9 Å². The zero-order chi connectivity index (χ0) is 19.8. The normalized spacial score (nSPS) is 20.8. The molecule has 3 aromatic rings. The van der Waals surface area contributed by atoms with Crippen molar-refractivity contribution >= 4 is 17.2 Å². The van der Waals surface area contributed by atoms with E-state index in [1.54, 1.807) is 13.4 Å². The fourth-order valence-corrected chi connectivity index (χ4v) is 4.36. The third kappa shape index (κ3) is 3.09. The number of anilines is 2. The van der Waals surface area contributed by atoms with Crippen LogP contribution >= 0.6 is 0 Å². The monoisotopic (exact) mass is 386 g/mol. The Bertz CT molecular complexity index is 1090. The van der Waals surface area contributed by atoms with Crippen molar-refractivity contribution in [2.75, 3.05) is 17.7 Å². The highest BCUT2D eigenvalue weighted by Gasteiger charge is 2.37. The molecule has 2 atom stereocenters. The fourth-order valence-electron chi connectivity index (χ4n) is 4.36. The lowest BCUT2D eigenvalue weighted by Crippen LogP contribution is -2.27. The molecule has 146 valence electrons. The van der Waals surface area contributed by atoms with Gasteiger partial charge >= 0.3 is 0 Å². The molecule has 0 saturated carbocycles. The highest BCUT2D eigenvalue weighted by molar-refractivity contribution is 6.01. The number of allylic oxidation sites excluding steroid dienone is 1. The minimum absolute atomic E-state index is 0.0346. The number of rotatable bonds is 3. The molecule has 0 radical (unpaired) electrons. The summed E-state index contributed by atoms with van der Waals surface area (Å²) in [4.78, 5) is 13.4. The largest absolute Gasteiger partial charge is 0.496 e. The van der Waals surface area contributed by atoms with Crippen LogP contribution in [0, 0.1) is 0 Å². The van der Waals surface area contributed by atoms with Gasteiger partial charge in [0.1, 0.15) is 11.5 Å². The number of carbonyl (C=O) groups excluding carboxylic acids is 1. The number of hydrogen-bond donors (Lipinski definition) is 2. The van der Waals surface area contributed by atoms with Crippen molar-refractivity contribution in [2.24, 2.45) is 0 Å². The summed E-state index contributed by atoms with van der Waals surface area (Å²) in [5.74, 6) is 1.77. The van der Waals surface area contributed by atoms with E-state index in [4.69, 9.17) is 9.15 Å². The summed E-state index contributed by atoms with van der Waals surface area (Å²) in [7, 11) is 1.66. The van der Waals surface area contributed by atoms with Crippen LogP contribution in [0.4, 0.5) is 11.4 Å². The predicted octanol–water partition coefficient (Wildman–Crippen LogP) is 5.27. The average molecular weight is 386 g/mol. The summed E-state index contributed by atoms with van der Waals surface area (Å²) < 4.78 is 11.2. The molecule has 0 saturated heterocycles. The molecular formula is C24H22N2O3. The number of methoxy groups -OCH3 is 1. The number of carbonyl (C=O) groups is 1. The van der Waals surface area contributed by atoms with Crippen LogP contribution in [0.5, 0.6) is 5.75 Å². The third-order valence-corrected chi connectivity index (χ3v) is 5.70. The average Bonchev–Trinajstić information content (AvgIpc) is 3.23. The van der Waals surface area contributed by atoms with E-state index in [9.17, 15) is 4.79 Å². The van der Waals surface area contributed by atoms with Crippen molar-refractivity contribution in [1.29, 1.82) is 0 Å². The van der Waals surface area contributed by atoms with Gasteiger partial charge in [0, 0.05) is 29.2 Å². The smallest absolute Gasteiger partial charge is 0.163 e. The van der Waals surface area contributed by atoms with Gasteiger partial charge < -0.3 is 19.8 Å². The molecule has 2 N–H and O–H groups in total. The van der Waals surface area contributed by atoms with Crippen LogP contribution in [0.3, 0.4) is 0 Å². The Hall–Kier alpha value is -3.47. The van der Waals surface area contributed by atoms with Crippen molar-refractivity contribution in [3.8, 4) is 5.75 Å². The molecule has 1 aliphatic carbocycles. The quantitative estimate of drug-likeness (QED) is 0.642. The van der Waals surface area contributed by atoms with Gasteiger partial charge in [-0.2, -0.15) is 0 Å². The molecule has 5 heteroatoms. The Kier molecular flexibility index (Phi) is 4.35. The summed E-state index contributed by atoms with van der Waals surface area (Å²) in [5.41, 5.74) is 4.58. The van der Waals surface area contributed by atoms with Crippen molar-refractivity contribution < 1.29 is 13.9 Å². The van der Waals surface area contributed by atoms with Crippen molar-refractivity contribution in [3.05, 3.63) is 89.5 Å². The molecule has 29 heavy (non-hydrogen) atoms. The van der Waals surface area contributed by atoms with Gasteiger partial charge in [-0.25, -0.2) is 0 Å². The maximum atomic E-state index is 13.4. The SMILES string of the molecule is COc1ccccc1[C@@H]1Nc2ccccc2NC2=C1C(=O)C[C@H](c1ccco1)C2. The highest BCUT2D eigenvalue weighted by atomic mass is 16.5. The molecule has 5 nitrogen and oxygen atoms in total. The van der Waals surface area contributed by atoms with Gasteiger partial charge in [0.05, 0.1) is 30.8 Å². The lowest BCUT2D eigenvalue weighted by atomic mass is 9.80. The lowest BCUT2D eigenvalue weighted by molar-refractivity contribution is -0.116. The van der Waals surface area contributed by atoms with Crippen molar-refractivity contribution in [1.82, 2.24) is 0 Å². The van der Waals surface area contributed by atoms with Crippen molar-refractivity contribution in [2.45, 2.75) is 24.8 Å². The molecule has 2 heterocycles. The Morgan fingerprint density at radius 2 is 1.76 bits per heavy atom. The Morgan fingerprint density at radius 3 is 2.55 bits per heavy atom. The molecular weight excluding hydrogens is 364 g/mol. The first-order chi connectivity index (χ1) is 14.2. The highest BCUT2D eigenvalue weighted by Crippen LogP contribution is 2.45. The first-order valence-electron chi connectivity index (χ1n) is 9.79. The second kappa shape index (κ2) is 7.17. The molecule has 2 aromatic carbocycles. The van der Waals surface area contributed by atoms with Crippen molar-refractivity contribution in [3.63, 3.8) is 0 Å². The number of para-hydroxylation sites is 3. The van der Waals surface area contributed by atoms with Crippen LogP contribution in [0.25, 0.3) is 0 Å². The van der Waals surface area contributed by atoms with Gasteiger partial charge in [0.25, 0.3) is 0 Å².